The zero-order valence-electron chi connectivity index (χ0n) is 21.2. The van der Waals surface area contributed by atoms with E-state index in [0.29, 0.717) is 5.75 Å². The minimum atomic E-state index is 0.713. The average molecular weight is 453 g/mol. The molecule has 0 N–H and O–H groups in total. The van der Waals surface area contributed by atoms with Crippen LogP contribution < -0.4 is 14.4 Å². The lowest BCUT2D eigenvalue weighted by atomic mass is 10.0. The molecular weight excluding hydrogens is 408 g/mol. The molecule has 1 aromatic carbocycles. The van der Waals surface area contributed by atoms with E-state index in [1.165, 1.54) is 95.6 Å². The van der Waals surface area contributed by atoms with Gasteiger partial charge in [-0.2, -0.15) is 0 Å². The molecule has 0 saturated carbocycles. The summed E-state index contributed by atoms with van der Waals surface area (Å²) in [7, 11) is 3.36. The van der Waals surface area contributed by atoms with Crippen molar-refractivity contribution >= 4 is 22.7 Å². The van der Waals surface area contributed by atoms with Gasteiger partial charge in [0.05, 0.1) is 19.9 Å². The third kappa shape index (κ3) is 7.12. The molecule has 4 heteroatoms. The zero-order chi connectivity index (χ0) is 23.3. The Balaban J connectivity index is 1.35. The Bertz CT molecular complexity index is 878. The molecule has 0 bridgehead atoms. The quantitative estimate of drug-likeness (QED) is 0.225. The SMILES string of the molecule is CCCCCCCCCCCCCCCCN1C=Cc2cc(OC)c(OC)c3nccc1c23. The van der Waals surface area contributed by atoms with Gasteiger partial charge in [0.25, 0.3) is 0 Å². The van der Waals surface area contributed by atoms with Gasteiger partial charge in [0.1, 0.15) is 5.52 Å². The molecule has 182 valence electrons. The summed E-state index contributed by atoms with van der Waals surface area (Å²) in [5.41, 5.74) is 3.23. The predicted octanol–water partition coefficient (Wildman–Crippen LogP) is 8.52. The lowest BCUT2D eigenvalue weighted by Gasteiger charge is -2.27. The Morgan fingerprint density at radius 3 is 1.97 bits per heavy atom. The fraction of sp³-hybridized carbons (Fsp3) is 0.621. The highest BCUT2D eigenvalue weighted by Gasteiger charge is 2.21. The Labute approximate surface area is 201 Å². The van der Waals surface area contributed by atoms with E-state index in [1.54, 1.807) is 14.2 Å². The summed E-state index contributed by atoms with van der Waals surface area (Å²) < 4.78 is 11.1. The lowest BCUT2D eigenvalue weighted by molar-refractivity contribution is 0.358. The first kappa shape index (κ1) is 25.4. The smallest absolute Gasteiger partial charge is 0.187 e. The Hall–Kier alpha value is -2.23. The van der Waals surface area contributed by atoms with Gasteiger partial charge in [-0.1, -0.05) is 90.4 Å². The molecule has 0 spiro atoms. The number of anilines is 1. The highest BCUT2D eigenvalue weighted by Crippen LogP contribution is 2.43. The normalized spacial score (nSPS) is 12.5. The summed E-state index contributed by atoms with van der Waals surface area (Å²) in [6, 6.07) is 4.16. The van der Waals surface area contributed by atoms with E-state index < -0.39 is 0 Å². The van der Waals surface area contributed by atoms with E-state index in [9.17, 15) is 0 Å². The van der Waals surface area contributed by atoms with Crippen molar-refractivity contribution in [1.29, 1.82) is 0 Å². The number of pyridine rings is 1. The van der Waals surface area contributed by atoms with Gasteiger partial charge in [-0.25, -0.2) is 0 Å². The molecule has 0 fully saturated rings. The number of hydrogen-bond acceptors (Lipinski definition) is 4. The first-order valence-corrected chi connectivity index (χ1v) is 13.3. The van der Waals surface area contributed by atoms with Crippen molar-refractivity contribution in [3.63, 3.8) is 0 Å². The van der Waals surface area contributed by atoms with Crippen LogP contribution in [0.1, 0.15) is 102 Å². The van der Waals surface area contributed by atoms with Gasteiger partial charge < -0.3 is 14.4 Å². The van der Waals surface area contributed by atoms with Gasteiger partial charge in [-0.3, -0.25) is 4.98 Å². The fourth-order valence-electron chi connectivity index (χ4n) is 4.95. The highest BCUT2D eigenvalue weighted by atomic mass is 16.5. The van der Waals surface area contributed by atoms with Crippen molar-refractivity contribution in [2.45, 2.75) is 96.8 Å². The van der Waals surface area contributed by atoms with Gasteiger partial charge in [0, 0.05) is 24.3 Å². The molecule has 1 aromatic heterocycles. The Morgan fingerprint density at radius 1 is 0.788 bits per heavy atom. The second-order valence-electron chi connectivity index (χ2n) is 9.36. The molecule has 0 amide bonds. The zero-order valence-corrected chi connectivity index (χ0v) is 21.2. The van der Waals surface area contributed by atoms with Crippen LogP contribution in [-0.2, 0) is 0 Å². The van der Waals surface area contributed by atoms with Crippen LogP contribution in [-0.4, -0.2) is 25.7 Å². The number of unbranched alkanes of at least 4 members (excludes halogenated alkanes) is 13. The van der Waals surface area contributed by atoms with E-state index in [2.05, 4.69) is 35.1 Å². The molecule has 1 aliphatic rings. The maximum Gasteiger partial charge on any atom is 0.187 e. The monoisotopic (exact) mass is 452 g/mol. The van der Waals surface area contributed by atoms with Crippen LogP contribution in [0, 0.1) is 0 Å². The van der Waals surface area contributed by atoms with Gasteiger partial charge in [-0.05, 0) is 30.2 Å². The molecule has 0 saturated heterocycles. The fourth-order valence-corrected chi connectivity index (χ4v) is 4.95. The van der Waals surface area contributed by atoms with Crippen molar-refractivity contribution in [3.8, 4) is 11.5 Å². The minimum Gasteiger partial charge on any atom is -0.493 e. The molecule has 3 rings (SSSR count). The third-order valence-electron chi connectivity index (χ3n) is 6.86. The molecule has 0 atom stereocenters. The Morgan fingerprint density at radius 2 is 1.39 bits per heavy atom. The summed E-state index contributed by atoms with van der Waals surface area (Å²) in [5.74, 6) is 1.44. The number of ether oxygens (including phenoxy) is 2. The molecule has 4 nitrogen and oxygen atoms in total. The van der Waals surface area contributed by atoms with Crippen LogP contribution in [0.4, 0.5) is 5.69 Å². The summed E-state index contributed by atoms with van der Waals surface area (Å²) in [6.07, 6.45) is 25.7. The maximum atomic E-state index is 5.62. The summed E-state index contributed by atoms with van der Waals surface area (Å²) in [4.78, 5) is 6.97. The lowest BCUT2D eigenvalue weighted by Crippen LogP contribution is -2.20. The third-order valence-corrected chi connectivity index (χ3v) is 6.86. The number of rotatable bonds is 17. The number of methoxy groups -OCH3 is 2. The van der Waals surface area contributed by atoms with Crippen LogP contribution in [0.15, 0.2) is 24.5 Å². The van der Waals surface area contributed by atoms with Crippen LogP contribution in [0.3, 0.4) is 0 Å². The number of aromatic nitrogens is 1. The molecular formula is C29H44N2O2. The van der Waals surface area contributed by atoms with Crippen molar-refractivity contribution in [1.82, 2.24) is 4.98 Å². The van der Waals surface area contributed by atoms with Crippen LogP contribution in [0.25, 0.3) is 17.0 Å². The molecule has 2 heterocycles. The van der Waals surface area contributed by atoms with Crippen molar-refractivity contribution in [2.24, 2.45) is 0 Å². The van der Waals surface area contributed by atoms with E-state index in [-0.39, 0.29) is 0 Å². The van der Waals surface area contributed by atoms with Gasteiger partial charge in [0.15, 0.2) is 11.5 Å². The maximum absolute atomic E-state index is 5.62. The van der Waals surface area contributed by atoms with Crippen LogP contribution >= 0.6 is 0 Å². The molecule has 1 aliphatic heterocycles. The van der Waals surface area contributed by atoms with E-state index in [1.807, 2.05) is 12.3 Å². The standard InChI is InChI=1S/C29H44N2O2/c1-4-5-6-7-8-9-10-11-12-13-14-15-16-17-21-31-22-19-24-23-26(32-2)29(33-3)28-27(24)25(31)18-20-30-28/h18-20,22-23H,4-17,21H2,1-3H3. The average Bonchev–Trinajstić information content (AvgIpc) is 2.85. The molecule has 2 aromatic rings. The van der Waals surface area contributed by atoms with Gasteiger partial charge in [-0.15, -0.1) is 0 Å². The molecule has 0 aliphatic carbocycles. The van der Waals surface area contributed by atoms with Gasteiger partial charge >= 0.3 is 0 Å². The van der Waals surface area contributed by atoms with Crippen molar-refractivity contribution < 1.29 is 9.47 Å². The molecule has 33 heavy (non-hydrogen) atoms. The van der Waals surface area contributed by atoms with Crippen molar-refractivity contribution in [2.75, 3.05) is 25.7 Å². The topological polar surface area (TPSA) is 34.6 Å². The number of hydrogen-bond donors (Lipinski definition) is 0. The predicted molar refractivity (Wildman–Crippen MR) is 142 cm³/mol. The molecule has 0 unspecified atom stereocenters. The number of benzene rings is 1. The summed E-state index contributed by atoms with van der Waals surface area (Å²) in [5, 5.41) is 1.16. The Kier molecular flexibility index (Phi) is 10.9. The van der Waals surface area contributed by atoms with Crippen molar-refractivity contribution in [3.05, 3.63) is 30.1 Å². The van der Waals surface area contributed by atoms with E-state index >= 15 is 0 Å². The van der Waals surface area contributed by atoms with Crippen LogP contribution in [0.2, 0.25) is 0 Å². The largest absolute Gasteiger partial charge is 0.493 e. The van der Waals surface area contributed by atoms with Gasteiger partial charge in [0.2, 0.25) is 0 Å². The first-order valence-electron chi connectivity index (χ1n) is 13.3. The first-order chi connectivity index (χ1) is 16.3. The molecule has 0 radical (unpaired) electrons. The second-order valence-corrected chi connectivity index (χ2v) is 9.36. The number of nitrogens with zero attached hydrogens (tertiary/aromatic N) is 2. The summed E-state index contributed by atoms with van der Waals surface area (Å²) >= 11 is 0. The summed E-state index contributed by atoms with van der Waals surface area (Å²) in [6.45, 7) is 3.33. The second kappa shape index (κ2) is 14.1. The van der Waals surface area contributed by atoms with E-state index in [0.717, 1.165) is 28.8 Å². The highest BCUT2D eigenvalue weighted by molar-refractivity contribution is 6.04. The van der Waals surface area contributed by atoms with Crippen LogP contribution in [0.5, 0.6) is 11.5 Å². The van der Waals surface area contributed by atoms with E-state index in [4.69, 9.17) is 9.47 Å². The minimum absolute atomic E-state index is 0.713.